The molecule has 3 heteroatoms. The number of hydrogen-bond donors (Lipinski definition) is 1. The van der Waals surface area contributed by atoms with Crippen molar-refractivity contribution in [3.05, 3.63) is 35.4 Å². The van der Waals surface area contributed by atoms with Gasteiger partial charge < -0.3 is 4.74 Å². The second kappa shape index (κ2) is 6.75. The maximum absolute atomic E-state index is 11.3. The van der Waals surface area contributed by atoms with Gasteiger partial charge in [0.25, 0.3) is 5.69 Å². The molecular formula is C26H36NO2+. The van der Waals surface area contributed by atoms with Crippen molar-refractivity contribution < 1.29 is 14.7 Å². The van der Waals surface area contributed by atoms with Crippen LogP contribution in [0.25, 0.3) is 11.6 Å². The molecule has 1 aliphatic carbocycles. The van der Waals surface area contributed by atoms with Crippen LogP contribution in [0.5, 0.6) is 5.75 Å². The molecule has 0 bridgehead atoms. The lowest BCUT2D eigenvalue weighted by atomic mass is 9.62. The highest BCUT2D eigenvalue weighted by Gasteiger charge is 2.52. The number of rotatable bonds is 5. The van der Waals surface area contributed by atoms with E-state index in [2.05, 4.69) is 71.9 Å². The highest BCUT2D eigenvalue weighted by atomic mass is 16.5. The van der Waals surface area contributed by atoms with Crippen molar-refractivity contribution in [1.29, 1.82) is 0 Å². The van der Waals surface area contributed by atoms with Crippen molar-refractivity contribution in [1.82, 2.24) is 0 Å². The van der Waals surface area contributed by atoms with Crippen LogP contribution in [0.15, 0.2) is 24.3 Å². The third kappa shape index (κ3) is 3.43. The zero-order valence-corrected chi connectivity index (χ0v) is 18.9. The molecule has 0 aromatic heterocycles. The Morgan fingerprint density at radius 2 is 1.83 bits per heavy atom. The fourth-order valence-corrected chi connectivity index (χ4v) is 5.65. The molecule has 0 saturated heterocycles. The van der Waals surface area contributed by atoms with Crippen LogP contribution in [0.2, 0.25) is 0 Å². The molecule has 3 nitrogen and oxygen atoms in total. The topological polar surface area (TPSA) is 32.5 Å². The van der Waals surface area contributed by atoms with Gasteiger partial charge in [-0.3, -0.25) is 5.21 Å². The van der Waals surface area contributed by atoms with Gasteiger partial charge in [-0.25, -0.2) is 0 Å². The van der Waals surface area contributed by atoms with Crippen LogP contribution in [0.4, 0.5) is 5.69 Å². The quantitative estimate of drug-likeness (QED) is 0.327. The number of allylic oxidation sites excluding steroid dienone is 2. The summed E-state index contributed by atoms with van der Waals surface area (Å²) < 4.78 is 7.61. The maximum atomic E-state index is 11.3. The first kappa shape index (κ1) is 20.3. The Morgan fingerprint density at radius 1 is 1.07 bits per heavy atom. The molecule has 3 aliphatic rings. The van der Waals surface area contributed by atoms with Gasteiger partial charge in [0, 0.05) is 4.74 Å². The predicted octanol–water partition coefficient (Wildman–Crippen LogP) is 7.15. The van der Waals surface area contributed by atoms with Gasteiger partial charge in [-0.05, 0) is 70.2 Å². The third-order valence-electron chi connectivity index (χ3n) is 6.75. The highest BCUT2D eigenvalue weighted by molar-refractivity contribution is 6.28. The zero-order chi connectivity index (χ0) is 21.0. The van der Waals surface area contributed by atoms with Gasteiger partial charge in [0.15, 0.2) is 0 Å². The molecule has 1 aromatic rings. The van der Waals surface area contributed by atoms with Crippen LogP contribution in [0.1, 0.15) is 91.2 Å². The highest BCUT2D eigenvalue weighted by Crippen LogP contribution is 2.54. The summed E-state index contributed by atoms with van der Waals surface area (Å²) in [4.78, 5) is 0. The summed E-state index contributed by atoms with van der Waals surface area (Å²) in [5.74, 6) is 0.843. The molecule has 0 amide bonds. The average Bonchev–Trinajstić information content (AvgIpc) is 2.90. The molecule has 1 aromatic carbocycles. The number of benzene rings is 1. The molecule has 0 saturated carbocycles. The molecule has 1 N–H and O–H groups in total. The van der Waals surface area contributed by atoms with E-state index >= 15 is 0 Å². The number of hydrogen-bond acceptors (Lipinski definition) is 2. The molecular weight excluding hydrogens is 358 g/mol. The lowest BCUT2D eigenvalue weighted by molar-refractivity contribution is -0.712. The van der Waals surface area contributed by atoms with Crippen LogP contribution in [-0.2, 0) is 0 Å². The van der Waals surface area contributed by atoms with E-state index in [1.807, 2.05) is 0 Å². The Labute approximate surface area is 175 Å². The number of fused-ring (bicyclic) bond motifs is 5. The Hall–Kier alpha value is -2.03. The van der Waals surface area contributed by atoms with E-state index in [1.165, 1.54) is 42.4 Å². The summed E-state index contributed by atoms with van der Waals surface area (Å²) in [5.41, 5.74) is 4.96. The van der Waals surface area contributed by atoms with Gasteiger partial charge in [0.1, 0.15) is 11.4 Å². The zero-order valence-electron chi connectivity index (χ0n) is 18.9. The lowest BCUT2D eigenvalue weighted by Gasteiger charge is -2.38. The summed E-state index contributed by atoms with van der Waals surface area (Å²) in [6, 6.07) is 4.20. The minimum Gasteiger partial charge on any atom is -0.483 e. The van der Waals surface area contributed by atoms with E-state index in [0.717, 1.165) is 34.7 Å². The molecule has 29 heavy (non-hydrogen) atoms. The van der Waals surface area contributed by atoms with Crippen LogP contribution in [-0.4, -0.2) is 21.3 Å². The standard InChI is InChI=1S/C26H36NO2/c1-7-8-9-10-14-26(6)16-20-18-11-12-21-19(13-15-25(4,5)29-21)22(18)27(28)23(20)24(2,3)17-26/h11-13,15-16,28H,7-10,14,17H2,1-6H3/q+1. The Morgan fingerprint density at radius 3 is 2.55 bits per heavy atom. The van der Waals surface area contributed by atoms with Crippen molar-refractivity contribution >= 4 is 23.0 Å². The SMILES string of the molecule is CCCCCCC1(C)C=C2C(=[N+](O)c3c2ccc2c3C=CC(C)(C)O2)C(C)(C)C1. The van der Waals surface area contributed by atoms with E-state index < -0.39 is 0 Å². The average molecular weight is 395 g/mol. The van der Waals surface area contributed by atoms with E-state index in [4.69, 9.17) is 4.74 Å². The summed E-state index contributed by atoms with van der Waals surface area (Å²) in [7, 11) is 0. The van der Waals surface area contributed by atoms with Crippen molar-refractivity contribution in [2.75, 3.05) is 0 Å². The van der Waals surface area contributed by atoms with Gasteiger partial charge >= 0.3 is 0 Å². The molecule has 0 fully saturated rings. The molecule has 0 spiro atoms. The van der Waals surface area contributed by atoms with E-state index in [1.54, 1.807) is 0 Å². The molecule has 156 valence electrons. The van der Waals surface area contributed by atoms with E-state index in [9.17, 15) is 5.21 Å². The Bertz CT molecular complexity index is 932. The molecule has 2 heterocycles. The van der Waals surface area contributed by atoms with Crippen molar-refractivity contribution in [3.8, 4) is 5.75 Å². The van der Waals surface area contributed by atoms with Crippen molar-refractivity contribution in [2.45, 2.75) is 85.7 Å². The second-order valence-electron chi connectivity index (χ2n) is 10.7. The first-order valence-electron chi connectivity index (χ1n) is 11.2. The predicted molar refractivity (Wildman–Crippen MR) is 120 cm³/mol. The Balaban J connectivity index is 1.79. The molecule has 1 atom stereocenters. The number of ether oxygens (including phenoxy) is 1. The molecule has 4 rings (SSSR count). The fraction of sp³-hybridized carbons (Fsp3) is 0.577. The maximum Gasteiger partial charge on any atom is 0.276 e. The summed E-state index contributed by atoms with van der Waals surface area (Å²) in [5, 5.41) is 11.3. The second-order valence-corrected chi connectivity index (χ2v) is 10.7. The molecule has 0 radical (unpaired) electrons. The van der Waals surface area contributed by atoms with Crippen molar-refractivity contribution in [3.63, 3.8) is 0 Å². The van der Waals surface area contributed by atoms with E-state index in [-0.39, 0.29) is 16.4 Å². The molecule has 2 aliphatic heterocycles. The normalized spacial score (nSPS) is 25.8. The monoisotopic (exact) mass is 394 g/mol. The lowest BCUT2D eigenvalue weighted by Crippen LogP contribution is -2.38. The largest absolute Gasteiger partial charge is 0.483 e. The fourth-order valence-electron chi connectivity index (χ4n) is 5.65. The third-order valence-corrected chi connectivity index (χ3v) is 6.75. The van der Waals surface area contributed by atoms with Gasteiger partial charge in [0.2, 0.25) is 5.71 Å². The number of nitrogens with zero attached hydrogens (tertiary/aromatic N) is 1. The summed E-state index contributed by atoms with van der Waals surface area (Å²) in [6.45, 7) is 13.3. The minimum atomic E-state index is -0.324. The van der Waals surface area contributed by atoms with Crippen molar-refractivity contribution in [2.24, 2.45) is 10.8 Å². The molecule has 1 unspecified atom stereocenters. The van der Waals surface area contributed by atoms with Gasteiger partial charge in [-0.1, -0.05) is 45.6 Å². The smallest absolute Gasteiger partial charge is 0.276 e. The first-order chi connectivity index (χ1) is 13.6. The van der Waals surface area contributed by atoms with Crippen LogP contribution in [0.3, 0.4) is 0 Å². The Kier molecular flexibility index (Phi) is 4.72. The van der Waals surface area contributed by atoms with Crippen LogP contribution in [0, 0.1) is 10.8 Å². The minimum absolute atomic E-state index is 0.0945. The van der Waals surface area contributed by atoms with Crippen LogP contribution >= 0.6 is 0 Å². The number of unbranched alkanes of at least 4 members (excludes halogenated alkanes) is 3. The summed E-state index contributed by atoms with van der Waals surface area (Å²) in [6.07, 6.45) is 14.0. The van der Waals surface area contributed by atoms with E-state index in [0.29, 0.717) is 0 Å². The van der Waals surface area contributed by atoms with Crippen LogP contribution < -0.4 is 4.74 Å². The van der Waals surface area contributed by atoms with Gasteiger partial charge in [-0.15, -0.1) is 0 Å². The van der Waals surface area contributed by atoms with Gasteiger partial charge in [-0.2, -0.15) is 0 Å². The first-order valence-corrected chi connectivity index (χ1v) is 11.2. The van der Waals surface area contributed by atoms with Gasteiger partial charge in [0.05, 0.1) is 22.1 Å². The summed E-state index contributed by atoms with van der Waals surface area (Å²) >= 11 is 0.